The molecule has 1 saturated carbocycles. The van der Waals surface area contributed by atoms with Gasteiger partial charge in [-0.15, -0.1) is 0 Å². The van der Waals surface area contributed by atoms with E-state index in [1.165, 1.54) is 0 Å². The second-order valence-electron chi connectivity index (χ2n) is 5.37. The number of aromatic nitrogens is 1. The smallest absolute Gasteiger partial charge is 0.253 e. The van der Waals surface area contributed by atoms with Gasteiger partial charge in [0.05, 0.1) is 6.10 Å². The van der Waals surface area contributed by atoms with Gasteiger partial charge in [-0.1, -0.05) is 6.07 Å². The second kappa shape index (κ2) is 4.70. The Morgan fingerprint density at radius 1 is 1.47 bits per heavy atom. The predicted molar refractivity (Wildman–Crippen MR) is 74.0 cm³/mol. The van der Waals surface area contributed by atoms with Crippen molar-refractivity contribution in [3.05, 3.63) is 36.0 Å². The normalized spacial score (nSPS) is 16.5. The number of rotatable bonds is 4. The second-order valence-corrected chi connectivity index (χ2v) is 5.37. The summed E-state index contributed by atoms with van der Waals surface area (Å²) in [6, 6.07) is 7.60. The fourth-order valence-electron chi connectivity index (χ4n) is 2.39. The molecule has 4 nitrogen and oxygen atoms in total. The van der Waals surface area contributed by atoms with Crippen LogP contribution >= 0.6 is 0 Å². The minimum absolute atomic E-state index is 0.0452. The molecule has 2 aromatic rings. The first-order chi connectivity index (χ1) is 9.15. The average Bonchev–Trinajstić information content (AvgIpc) is 3.15. The molecule has 0 radical (unpaired) electrons. The predicted octanol–water partition coefficient (Wildman–Crippen LogP) is 2.01. The first-order valence-corrected chi connectivity index (χ1v) is 6.66. The molecule has 0 saturated heterocycles. The van der Waals surface area contributed by atoms with Crippen LogP contribution in [0.1, 0.15) is 23.2 Å². The molecule has 1 amide bonds. The van der Waals surface area contributed by atoms with Gasteiger partial charge < -0.3 is 15.0 Å². The summed E-state index contributed by atoms with van der Waals surface area (Å²) in [5, 5.41) is 11.0. The summed E-state index contributed by atoms with van der Waals surface area (Å²) in [6.45, 7) is 0.409. The SMILES string of the molecule is CN(CC(O)C1CC1)C(=O)c1ccc2cc[nH]c2c1. The Morgan fingerprint density at radius 2 is 2.26 bits per heavy atom. The van der Waals surface area contributed by atoms with Crippen LogP contribution in [0.5, 0.6) is 0 Å². The molecule has 19 heavy (non-hydrogen) atoms. The lowest BCUT2D eigenvalue weighted by atomic mass is 10.1. The third kappa shape index (κ3) is 2.49. The van der Waals surface area contributed by atoms with Crippen LogP contribution in [0.15, 0.2) is 30.5 Å². The Kier molecular flexibility index (Phi) is 3.03. The maximum Gasteiger partial charge on any atom is 0.253 e. The molecule has 3 rings (SSSR count). The highest BCUT2D eigenvalue weighted by molar-refractivity contribution is 5.97. The third-order valence-electron chi connectivity index (χ3n) is 3.78. The van der Waals surface area contributed by atoms with E-state index in [9.17, 15) is 9.90 Å². The summed E-state index contributed by atoms with van der Waals surface area (Å²) in [5.74, 6) is 0.345. The highest BCUT2D eigenvalue weighted by Gasteiger charge is 2.31. The number of H-pyrrole nitrogens is 1. The highest BCUT2D eigenvalue weighted by atomic mass is 16.3. The van der Waals surface area contributed by atoms with Crippen molar-refractivity contribution in [2.24, 2.45) is 5.92 Å². The number of carbonyl (C=O) groups is 1. The Morgan fingerprint density at radius 3 is 3.00 bits per heavy atom. The van der Waals surface area contributed by atoms with E-state index in [0.717, 1.165) is 23.7 Å². The van der Waals surface area contributed by atoms with Crippen LogP contribution in [0.2, 0.25) is 0 Å². The van der Waals surface area contributed by atoms with Gasteiger partial charge in [-0.2, -0.15) is 0 Å². The topological polar surface area (TPSA) is 56.3 Å². The van der Waals surface area contributed by atoms with Crippen LogP contribution in [0.25, 0.3) is 10.9 Å². The molecular formula is C15H18N2O2. The van der Waals surface area contributed by atoms with Gasteiger partial charge in [-0.25, -0.2) is 0 Å². The van der Waals surface area contributed by atoms with Gasteiger partial charge in [0.1, 0.15) is 0 Å². The number of aliphatic hydroxyl groups is 1. The summed E-state index contributed by atoms with van der Waals surface area (Å²) >= 11 is 0. The lowest BCUT2D eigenvalue weighted by Crippen LogP contribution is -2.35. The number of fused-ring (bicyclic) bond motifs is 1. The van der Waals surface area contributed by atoms with Crippen molar-refractivity contribution in [1.29, 1.82) is 0 Å². The maximum atomic E-state index is 12.3. The average molecular weight is 258 g/mol. The van der Waals surface area contributed by atoms with E-state index in [1.54, 1.807) is 11.9 Å². The summed E-state index contributed by atoms with van der Waals surface area (Å²) in [4.78, 5) is 17.0. The Labute approximate surface area is 112 Å². The van der Waals surface area contributed by atoms with Crippen LogP contribution in [-0.4, -0.2) is 40.6 Å². The van der Waals surface area contributed by atoms with Crippen LogP contribution < -0.4 is 0 Å². The van der Waals surface area contributed by atoms with Gasteiger partial charge >= 0.3 is 0 Å². The van der Waals surface area contributed by atoms with Gasteiger partial charge in [0.2, 0.25) is 0 Å². The molecule has 0 spiro atoms. The van der Waals surface area contributed by atoms with Crippen molar-refractivity contribution < 1.29 is 9.90 Å². The zero-order valence-corrected chi connectivity index (χ0v) is 11.0. The lowest BCUT2D eigenvalue weighted by Gasteiger charge is -2.20. The number of hydrogen-bond donors (Lipinski definition) is 2. The molecule has 1 aliphatic carbocycles. The first-order valence-electron chi connectivity index (χ1n) is 6.66. The molecule has 1 aromatic heterocycles. The lowest BCUT2D eigenvalue weighted by molar-refractivity contribution is 0.0645. The molecule has 100 valence electrons. The molecular weight excluding hydrogens is 240 g/mol. The molecule has 2 N–H and O–H groups in total. The Bertz CT molecular complexity index is 601. The van der Waals surface area contributed by atoms with Gasteiger partial charge in [0.25, 0.3) is 5.91 Å². The van der Waals surface area contributed by atoms with E-state index >= 15 is 0 Å². The molecule has 1 aliphatic rings. The fraction of sp³-hybridized carbons (Fsp3) is 0.400. The van der Waals surface area contributed by atoms with Crippen LogP contribution in [0.4, 0.5) is 0 Å². The van der Waals surface area contributed by atoms with Crippen molar-refractivity contribution in [2.45, 2.75) is 18.9 Å². The fourth-order valence-corrected chi connectivity index (χ4v) is 2.39. The molecule has 1 atom stereocenters. The molecule has 4 heteroatoms. The monoisotopic (exact) mass is 258 g/mol. The summed E-state index contributed by atoms with van der Waals surface area (Å²) < 4.78 is 0. The maximum absolute atomic E-state index is 12.3. The number of benzene rings is 1. The van der Waals surface area contributed by atoms with Crippen molar-refractivity contribution >= 4 is 16.8 Å². The van der Waals surface area contributed by atoms with E-state index in [2.05, 4.69) is 4.98 Å². The van der Waals surface area contributed by atoms with E-state index in [-0.39, 0.29) is 12.0 Å². The van der Waals surface area contributed by atoms with Crippen LogP contribution in [0, 0.1) is 5.92 Å². The van der Waals surface area contributed by atoms with Crippen molar-refractivity contribution in [3.8, 4) is 0 Å². The Balaban J connectivity index is 1.74. The Hall–Kier alpha value is -1.81. The van der Waals surface area contributed by atoms with Crippen molar-refractivity contribution in [3.63, 3.8) is 0 Å². The third-order valence-corrected chi connectivity index (χ3v) is 3.78. The minimum atomic E-state index is -0.386. The number of aromatic amines is 1. The summed E-state index contributed by atoms with van der Waals surface area (Å²) in [5.41, 5.74) is 1.61. The minimum Gasteiger partial charge on any atom is -0.391 e. The number of carbonyl (C=O) groups excluding carboxylic acids is 1. The zero-order chi connectivity index (χ0) is 13.4. The molecule has 1 heterocycles. The standard InChI is InChI=1S/C15H18N2O2/c1-17(9-14(18)11-3-4-11)15(19)12-5-2-10-6-7-16-13(10)8-12/h2,5-8,11,14,16,18H,3-4,9H2,1H3. The number of aliphatic hydroxyl groups excluding tert-OH is 1. The molecule has 0 bridgehead atoms. The van der Waals surface area contributed by atoms with Crippen LogP contribution in [0.3, 0.4) is 0 Å². The number of amides is 1. The van der Waals surface area contributed by atoms with Gasteiger partial charge in [0, 0.05) is 30.9 Å². The number of nitrogens with zero attached hydrogens (tertiary/aromatic N) is 1. The highest BCUT2D eigenvalue weighted by Crippen LogP contribution is 2.32. The van der Waals surface area contributed by atoms with Crippen molar-refractivity contribution in [2.75, 3.05) is 13.6 Å². The summed E-state index contributed by atoms with van der Waals surface area (Å²) in [7, 11) is 1.74. The molecule has 1 unspecified atom stereocenters. The zero-order valence-electron chi connectivity index (χ0n) is 11.0. The number of likely N-dealkylation sites (N-methyl/N-ethyl adjacent to an activating group) is 1. The van der Waals surface area contributed by atoms with Gasteiger partial charge in [0.15, 0.2) is 0 Å². The van der Waals surface area contributed by atoms with E-state index in [0.29, 0.717) is 18.0 Å². The van der Waals surface area contributed by atoms with Crippen LogP contribution in [-0.2, 0) is 0 Å². The number of nitrogens with one attached hydrogen (secondary N) is 1. The molecule has 0 aliphatic heterocycles. The first kappa shape index (κ1) is 12.2. The molecule has 1 aromatic carbocycles. The number of hydrogen-bond acceptors (Lipinski definition) is 2. The molecule has 1 fully saturated rings. The van der Waals surface area contributed by atoms with Gasteiger partial charge in [-0.3, -0.25) is 4.79 Å². The summed E-state index contributed by atoms with van der Waals surface area (Å²) in [6.07, 6.45) is 3.64. The quantitative estimate of drug-likeness (QED) is 0.881. The van der Waals surface area contributed by atoms with E-state index in [4.69, 9.17) is 0 Å². The van der Waals surface area contributed by atoms with Crippen molar-refractivity contribution in [1.82, 2.24) is 9.88 Å². The van der Waals surface area contributed by atoms with E-state index < -0.39 is 0 Å². The largest absolute Gasteiger partial charge is 0.391 e. The van der Waals surface area contributed by atoms with E-state index in [1.807, 2.05) is 30.5 Å². The van der Waals surface area contributed by atoms with Gasteiger partial charge in [-0.05, 0) is 42.3 Å².